The summed E-state index contributed by atoms with van der Waals surface area (Å²) in [6.45, 7) is 0.562. The van der Waals surface area contributed by atoms with Crippen LogP contribution in [0.15, 0.2) is 48.7 Å². The zero-order chi connectivity index (χ0) is 20.4. The van der Waals surface area contributed by atoms with Gasteiger partial charge < -0.3 is 10.1 Å². The van der Waals surface area contributed by atoms with Crippen LogP contribution in [0.4, 0.5) is 8.78 Å². The first-order valence-electron chi connectivity index (χ1n) is 9.49. The van der Waals surface area contributed by atoms with Crippen LogP contribution in [-0.2, 0) is 13.0 Å². The Bertz CT molecular complexity index is 1050. The predicted molar refractivity (Wildman–Crippen MR) is 104 cm³/mol. The van der Waals surface area contributed by atoms with Crippen LogP contribution in [-0.4, -0.2) is 22.8 Å². The lowest BCUT2D eigenvalue weighted by atomic mass is 9.92. The van der Waals surface area contributed by atoms with Crippen LogP contribution >= 0.6 is 0 Å². The molecule has 0 aliphatic heterocycles. The van der Waals surface area contributed by atoms with E-state index in [2.05, 4.69) is 10.4 Å². The Morgan fingerprint density at radius 2 is 2.10 bits per heavy atom. The molecule has 0 saturated carbocycles. The number of fused-ring (bicyclic) bond motifs is 1. The van der Waals surface area contributed by atoms with Gasteiger partial charge in [0.25, 0.3) is 5.91 Å². The quantitative estimate of drug-likeness (QED) is 0.707. The molecule has 1 N–H and O–H groups in total. The van der Waals surface area contributed by atoms with Gasteiger partial charge in [0.15, 0.2) is 0 Å². The molecule has 0 spiro atoms. The summed E-state index contributed by atoms with van der Waals surface area (Å²) in [7, 11) is 1.64. The molecule has 5 nitrogen and oxygen atoms in total. The van der Waals surface area contributed by atoms with Crippen LogP contribution in [0.2, 0.25) is 0 Å². The summed E-state index contributed by atoms with van der Waals surface area (Å²) in [6.07, 6.45) is 4.22. The van der Waals surface area contributed by atoms with Gasteiger partial charge in [0.2, 0.25) is 0 Å². The molecule has 2 aromatic carbocycles. The maximum absolute atomic E-state index is 13.9. The van der Waals surface area contributed by atoms with Crippen molar-refractivity contribution in [1.82, 2.24) is 15.1 Å². The van der Waals surface area contributed by atoms with E-state index < -0.39 is 17.5 Å². The monoisotopic (exact) mass is 397 g/mol. The second kappa shape index (κ2) is 8.03. The maximum Gasteiger partial charge on any atom is 0.254 e. The highest BCUT2D eigenvalue weighted by Gasteiger charge is 2.27. The summed E-state index contributed by atoms with van der Waals surface area (Å²) in [5.74, 6) is -1.34. The third kappa shape index (κ3) is 3.85. The van der Waals surface area contributed by atoms with Crippen LogP contribution in [0.3, 0.4) is 0 Å². The fraction of sp³-hybridized carbons (Fsp3) is 0.273. The van der Waals surface area contributed by atoms with Crippen molar-refractivity contribution in [2.75, 3.05) is 7.11 Å². The Morgan fingerprint density at radius 3 is 2.90 bits per heavy atom. The van der Waals surface area contributed by atoms with E-state index in [1.807, 2.05) is 28.9 Å². The van der Waals surface area contributed by atoms with Gasteiger partial charge in [-0.2, -0.15) is 5.10 Å². The predicted octanol–water partition coefficient (Wildman–Crippen LogP) is 4.03. The molecule has 1 amide bonds. The molecule has 29 heavy (non-hydrogen) atoms. The molecule has 1 aliphatic carbocycles. The summed E-state index contributed by atoms with van der Waals surface area (Å²) in [4.78, 5) is 12.5. The molecule has 1 heterocycles. The third-order valence-electron chi connectivity index (χ3n) is 5.26. The average molecular weight is 397 g/mol. The number of nitrogens with one attached hydrogen (secondary N) is 1. The molecule has 7 heteroatoms. The lowest BCUT2D eigenvalue weighted by molar-refractivity contribution is 0.0928. The van der Waals surface area contributed by atoms with E-state index in [4.69, 9.17) is 4.74 Å². The highest BCUT2D eigenvalue weighted by Crippen LogP contribution is 2.31. The minimum atomic E-state index is -0.870. The van der Waals surface area contributed by atoms with E-state index in [1.54, 1.807) is 13.3 Å². The average Bonchev–Trinajstić information content (AvgIpc) is 3.12. The Balaban J connectivity index is 1.56. The minimum absolute atomic E-state index is 0.167. The normalized spacial score (nSPS) is 15.6. The molecular formula is C22H21F2N3O2. The molecule has 0 bridgehead atoms. The first-order chi connectivity index (χ1) is 14.1. The second-order valence-corrected chi connectivity index (χ2v) is 7.06. The number of nitrogens with zero attached hydrogens (tertiary/aromatic N) is 2. The number of halogens is 2. The lowest BCUT2D eigenvalue weighted by Crippen LogP contribution is -2.31. The maximum atomic E-state index is 13.9. The fourth-order valence-electron chi connectivity index (χ4n) is 3.81. The Labute approximate surface area is 167 Å². The summed E-state index contributed by atoms with van der Waals surface area (Å²) >= 11 is 0. The Hall–Kier alpha value is -3.22. The van der Waals surface area contributed by atoms with Gasteiger partial charge in [-0.3, -0.25) is 9.48 Å². The van der Waals surface area contributed by atoms with Gasteiger partial charge in [0.05, 0.1) is 31.5 Å². The number of carbonyl (C=O) groups excluding carboxylic acids is 1. The van der Waals surface area contributed by atoms with Crippen LogP contribution in [0.25, 0.3) is 0 Å². The van der Waals surface area contributed by atoms with Crippen molar-refractivity contribution < 1.29 is 18.3 Å². The highest BCUT2D eigenvalue weighted by molar-refractivity contribution is 5.94. The standard InChI is InChI=1S/C22H21F2N3O2/c1-29-21-8-3-2-5-14(21)13-27-20-7-4-6-19(17(20)12-25-27)26-22(28)16-10-9-15(23)11-18(16)24/h2-3,5,8-12,19H,4,6-7,13H2,1H3,(H,26,28). The number of methoxy groups -OCH3 is 1. The topological polar surface area (TPSA) is 56.1 Å². The van der Waals surface area contributed by atoms with E-state index >= 15 is 0 Å². The zero-order valence-corrected chi connectivity index (χ0v) is 16.0. The van der Waals surface area contributed by atoms with Crippen LogP contribution in [0.1, 0.15) is 46.1 Å². The number of ether oxygens (including phenoxy) is 1. The molecule has 1 aliphatic rings. The van der Waals surface area contributed by atoms with E-state index in [9.17, 15) is 13.6 Å². The summed E-state index contributed by atoms with van der Waals surface area (Å²) < 4.78 is 34.4. The lowest BCUT2D eigenvalue weighted by Gasteiger charge is -2.24. The van der Waals surface area contributed by atoms with Crippen molar-refractivity contribution in [3.05, 3.63) is 82.7 Å². The van der Waals surface area contributed by atoms with Gasteiger partial charge >= 0.3 is 0 Å². The molecule has 0 radical (unpaired) electrons. The summed E-state index contributed by atoms with van der Waals surface area (Å²) in [5, 5.41) is 7.39. The van der Waals surface area contributed by atoms with E-state index in [0.717, 1.165) is 54.0 Å². The first kappa shape index (κ1) is 19.1. The molecule has 1 unspecified atom stereocenters. The van der Waals surface area contributed by atoms with Crippen LogP contribution in [0, 0.1) is 11.6 Å². The first-order valence-corrected chi connectivity index (χ1v) is 9.49. The van der Waals surface area contributed by atoms with Crippen molar-refractivity contribution in [1.29, 1.82) is 0 Å². The van der Waals surface area contributed by atoms with Crippen LogP contribution in [0.5, 0.6) is 5.75 Å². The smallest absolute Gasteiger partial charge is 0.254 e. The number of para-hydroxylation sites is 1. The number of benzene rings is 2. The van der Waals surface area contributed by atoms with Crippen LogP contribution < -0.4 is 10.1 Å². The number of carbonyl (C=O) groups is 1. The number of amides is 1. The van der Waals surface area contributed by atoms with Gasteiger partial charge in [-0.25, -0.2) is 8.78 Å². The number of hydrogen-bond donors (Lipinski definition) is 1. The van der Waals surface area contributed by atoms with Crippen molar-refractivity contribution in [2.45, 2.75) is 31.8 Å². The fourth-order valence-corrected chi connectivity index (χ4v) is 3.81. The zero-order valence-electron chi connectivity index (χ0n) is 16.0. The second-order valence-electron chi connectivity index (χ2n) is 7.06. The van der Waals surface area contributed by atoms with Crippen molar-refractivity contribution >= 4 is 5.91 Å². The van der Waals surface area contributed by atoms with E-state index in [1.165, 1.54) is 0 Å². The van der Waals surface area contributed by atoms with Gasteiger partial charge in [-0.15, -0.1) is 0 Å². The van der Waals surface area contributed by atoms with Gasteiger partial charge in [0.1, 0.15) is 17.4 Å². The molecule has 1 atom stereocenters. The Kier molecular flexibility index (Phi) is 5.29. The highest BCUT2D eigenvalue weighted by atomic mass is 19.1. The van der Waals surface area contributed by atoms with E-state index in [-0.39, 0.29) is 11.6 Å². The van der Waals surface area contributed by atoms with Gasteiger partial charge in [0, 0.05) is 22.9 Å². The molecule has 0 saturated heterocycles. The van der Waals surface area contributed by atoms with Crippen molar-refractivity contribution in [3.63, 3.8) is 0 Å². The van der Waals surface area contributed by atoms with Crippen molar-refractivity contribution in [3.8, 4) is 5.75 Å². The molecule has 3 aromatic rings. The minimum Gasteiger partial charge on any atom is -0.496 e. The molecule has 1 aromatic heterocycles. The molecule has 150 valence electrons. The summed E-state index contributed by atoms with van der Waals surface area (Å²) in [6, 6.07) is 10.5. The SMILES string of the molecule is COc1ccccc1Cn1ncc2c1CCCC2NC(=O)c1ccc(F)cc1F. The Morgan fingerprint density at radius 1 is 1.28 bits per heavy atom. The van der Waals surface area contributed by atoms with E-state index in [0.29, 0.717) is 12.6 Å². The number of aromatic nitrogens is 2. The number of hydrogen-bond acceptors (Lipinski definition) is 3. The molecule has 0 fully saturated rings. The third-order valence-corrected chi connectivity index (χ3v) is 5.26. The van der Waals surface area contributed by atoms with Crippen molar-refractivity contribution in [2.24, 2.45) is 0 Å². The number of rotatable bonds is 5. The van der Waals surface area contributed by atoms with Gasteiger partial charge in [-0.1, -0.05) is 18.2 Å². The molecule has 4 rings (SSSR count). The van der Waals surface area contributed by atoms with Gasteiger partial charge in [-0.05, 0) is 37.5 Å². The summed E-state index contributed by atoms with van der Waals surface area (Å²) in [5.41, 5.74) is 2.83. The largest absolute Gasteiger partial charge is 0.496 e. The molecular weight excluding hydrogens is 376 g/mol.